The van der Waals surface area contributed by atoms with Gasteiger partial charge in [-0.05, 0) is 47.9 Å². The molecule has 0 atom stereocenters. The van der Waals surface area contributed by atoms with Crippen LogP contribution in [-0.2, 0) is 20.2 Å². The Hall–Kier alpha value is -2.24. The number of rotatable bonds is 7. The van der Waals surface area contributed by atoms with E-state index in [4.69, 9.17) is 4.74 Å². The van der Waals surface area contributed by atoms with Gasteiger partial charge in [0.25, 0.3) is 10.1 Å². The van der Waals surface area contributed by atoms with Crippen molar-refractivity contribution in [2.45, 2.75) is 9.79 Å². The summed E-state index contributed by atoms with van der Waals surface area (Å²) in [6.45, 7) is 0. The Labute approximate surface area is 267 Å². The van der Waals surface area contributed by atoms with E-state index in [0.29, 0.717) is 16.8 Å². The van der Waals surface area contributed by atoms with E-state index < -0.39 is 30.9 Å². The fraction of sp³-hybridized carbons (Fsp3) is 0.0435. The van der Waals surface area contributed by atoms with Gasteiger partial charge in [0, 0.05) is 11.5 Å². The van der Waals surface area contributed by atoms with Gasteiger partial charge in [-0.2, -0.15) is 23.8 Å². The molecule has 0 radical (unpaired) electrons. The van der Waals surface area contributed by atoms with Crippen molar-refractivity contribution in [1.82, 2.24) is 0 Å². The number of ether oxygens (including phenoxy) is 1. The van der Waals surface area contributed by atoms with Crippen LogP contribution in [0.3, 0.4) is 0 Å². The van der Waals surface area contributed by atoms with Gasteiger partial charge in [0.05, 0.1) is 29.1 Å². The minimum atomic E-state index is -4.64. The number of benzene rings is 4. The third-order valence-corrected chi connectivity index (χ3v) is 6.79. The molecule has 0 unspecified atom stereocenters. The molecule has 12 nitrogen and oxygen atoms in total. The van der Waals surface area contributed by atoms with Crippen LogP contribution < -0.4 is 69.0 Å². The fourth-order valence-corrected chi connectivity index (χ4v) is 4.52. The van der Waals surface area contributed by atoms with E-state index in [0.717, 1.165) is 18.2 Å². The standard InChI is InChI=1S/C23H18N4O8S2.2Na/c1-35-20-13-16(25-24-15-6-9-17(10-7-15)36(29,30)31)8-11-18(20)26-27-23-19(28)12-5-14-3-2-4-21(22(14)23)37(32,33)34;;/h2-13,28H,1H3,(H,29,30,31)(H,32,33,34);;/q;2*+1/p-2. The summed E-state index contributed by atoms with van der Waals surface area (Å²) in [6, 6.07) is 16.1. The molecule has 0 aromatic heterocycles. The van der Waals surface area contributed by atoms with Crippen molar-refractivity contribution in [2.24, 2.45) is 20.5 Å². The third kappa shape index (κ3) is 7.91. The van der Waals surface area contributed by atoms with Crippen molar-refractivity contribution >= 4 is 53.8 Å². The molecule has 0 aliphatic rings. The quantitative estimate of drug-likeness (QED) is 0.160. The first-order valence-corrected chi connectivity index (χ1v) is 13.1. The zero-order valence-electron chi connectivity index (χ0n) is 20.8. The van der Waals surface area contributed by atoms with Crippen LogP contribution in [-0.4, -0.2) is 33.1 Å². The molecule has 4 aromatic carbocycles. The molecule has 1 N–H and O–H groups in total. The number of hydrogen-bond donors (Lipinski definition) is 1. The molecule has 4 aromatic rings. The van der Waals surface area contributed by atoms with Crippen molar-refractivity contribution in [3.05, 3.63) is 72.8 Å². The SMILES string of the molecule is COc1cc(N=Nc2ccc(S(=O)(=O)[O-])cc2)ccc1N=Nc1c([O-])ccc2cccc(S(=O)(=O)O)c12.[Na+].[Na+]. The van der Waals surface area contributed by atoms with E-state index in [1.807, 2.05) is 0 Å². The van der Waals surface area contributed by atoms with E-state index in [2.05, 4.69) is 20.5 Å². The minimum absolute atomic E-state index is 0. The Kier molecular flexibility index (Phi) is 11.3. The Bertz CT molecular complexity index is 1780. The van der Waals surface area contributed by atoms with Crippen LogP contribution in [0.1, 0.15) is 0 Å². The van der Waals surface area contributed by atoms with Gasteiger partial charge in [-0.15, -0.1) is 5.11 Å². The van der Waals surface area contributed by atoms with Crippen LogP contribution in [0, 0.1) is 0 Å². The molecule has 0 aliphatic heterocycles. The molecule has 0 heterocycles. The smallest absolute Gasteiger partial charge is 0.871 e. The maximum absolute atomic E-state index is 12.5. The average molecular weight is 587 g/mol. The van der Waals surface area contributed by atoms with Crippen molar-refractivity contribution < 1.29 is 94.9 Å². The van der Waals surface area contributed by atoms with Gasteiger partial charge in [0.2, 0.25) is 0 Å². The van der Waals surface area contributed by atoms with Gasteiger partial charge in [-0.3, -0.25) is 4.55 Å². The second-order valence-corrected chi connectivity index (χ2v) is 10.2. The van der Waals surface area contributed by atoms with Gasteiger partial charge in [-0.25, -0.2) is 8.42 Å². The first-order chi connectivity index (χ1) is 17.5. The molecule has 4 rings (SSSR count). The van der Waals surface area contributed by atoms with Crippen LogP contribution in [0.5, 0.6) is 11.5 Å². The summed E-state index contributed by atoms with van der Waals surface area (Å²) in [7, 11) is -7.85. The van der Waals surface area contributed by atoms with E-state index in [-0.39, 0.29) is 86.5 Å². The Morgan fingerprint density at radius 3 is 2.05 bits per heavy atom. The monoisotopic (exact) mass is 586 g/mol. The summed E-state index contributed by atoms with van der Waals surface area (Å²) < 4.78 is 71.7. The molecule has 16 heteroatoms. The minimum Gasteiger partial charge on any atom is -0.871 e. The topological polar surface area (TPSA) is 193 Å². The summed E-state index contributed by atoms with van der Waals surface area (Å²) >= 11 is 0. The molecular weight excluding hydrogens is 570 g/mol. The van der Waals surface area contributed by atoms with E-state index in [1.165, 1.54) is 55.6 Å². The van der Waals surface area contributed by atoms with Crippen LogP contribution in [0.25, 0.3) is 10.8 Å². The second kappa shape index (κ2) is 13.4. The largest absolute Gasteiger partial charge is 1.00 e. The molecule has 0 saturated heterocycles. The molecular formula is C23H16N4Na2O8S2. The number of nitrogens with zero attached hydrogens (tertiary/aromatic N) is 4. The summed E-state index contributed by atoms with van der Waals surface area (Å²) in [6.07, 6.45) is 0. The van der Waals surface area contributed by atoms with Gasteiger partial charge < -0.3 is 14.4 Å². The normalized spacial score (nSPS) is 11.9. The van der Waals surface area contributed by atoms with Crippen LogP contribution in [0.4, 0.5) is 22.7 Å². The van der Waals surface area contributed by atoms with Crippen LogP contribution in [0.15, 0.2) is 103 Å². The maximum atomic E-state index is 12.5. The predicted octanol–water partition coefficient (Wildman–Crippen LogP) is -1.09. The summed E-state index contributed by atoms with van der Waals surface area (Å²) in [5, 5.41) is 28.8. The fourth-order valence-electron chi connectivity index (χ4n) is 3.33. The zero-order chi connectivity index (χ0) is 26.8. The molecule has 0 aliphatic carbocycles. The predicted molar refractivity (Wildman–Crippen MR) is 129 cm³/mol. The number of fused-ring (bicyclic) bond motifs is 1. The molecule has 0 saturated carbocycles. The van der Waals surface area contributed by atoms with Crippen LogP contribution >= 0.6 is 0 Å². The van der Waals surface area contributed by atoms with Crippen molar-refractivity contribution in [2.75, 3.05) is 7.11 Å². The number of hydrogen-bond acceptors (Lipinski definition) is 11. The van der Waals surface area contributed by atoms with Gasteiger partial charge in [-0.1, -0.05) is 30.0 Å². The Morgan fingerprint density at radius 1 is 0.795 bits per heavy atom. The Balaban J connectivity index is 0.00000267. The molecule has 0 bridgehead atoms. The van der Waals surface area contributed by atoms with Gasteiger partial charge >= 0.3 is 59.1 Å². The zero-order valence-corrected chi connectivity index (χ0v) is 26.5. The van der Waals surface area contributed by atoms with E-state index in [9.17, 15) is 31.0 Å². The summed E-state index contributed by atoms with van der Waals surface area (Å²) in [5.74, 6) is -0.400. The van der Waals surface area contributed by atoms with Gasteiger partial charge in [0.15, 0.2) is 0 Å². The molecule has 190 valence electrons. The third-order valence-electron chi connectivity index (χ3n) is 5.05. The molecule has 0 fully saturated rings. The summed E-state index contributed by atoms with van der Waals surface area (Å²) in [5.41, 5.74) is 0.538. The van der Waals surface area contributed by atoms with E-state index >= 15 is 0 Å². The number of azo groups is 2. The second-order valence-electron chi connectivity index (χ2n) is 7.45. The average Bonchev–Trinajstić information content (AvgIpc) is 2.86. The van der Waals surface area contributed by atoms with Crippen molar-refractivity contribution in [3.63, 3.8) is 0 Å². The Morgan fingerprint density at radius 2 is 1.44 bits per heavy atom. The van der Waals surface area contributed by atoms with Gasteiger partial charge in [0.1, 0.15) is 26.5 Å². The first-order valence-electron chi connectivity index (χ1n) is 10.2. The number of methoxy groups -OCH3 is 1. The van der Waals surface area contributed by atoms with Crippen LogP contribution in [0.2, 0.25) is 0 Å². The molecule has 0 spiro atoms. The van der Waals surface area contributed by atoms with Crippen molar-refractivity contribution in [1.29, 1.82) is 0 Å². The maximum Gasteiger partial charge on any atom is 1.00 e. The molecule has 39 heavy (non-hydrogen) atoms. The molecule has 0 amide bonds. The van der Waals surface area contributed by atoms with E-state index in [1.54, 1.807) is 6.07 Å². The summed E-state index contributed by atoms with van der Waals surface area (Å²) in [4.78, 5) is -0.862. The first kappa shape index (κ1) is 33.0. The van der Waals surface area contributed by atoms with Crippen molar-refractivity contribution in [3.8, 4) is 11.5 Å².